The molecule has 0 aliphatic carbocycles. The second kappa shape index (κ2) is 4.92. The van der Waals surface area contributed by atoms with Crippen LogP contribution in [0.5, 0.6) is 0 Å². The topological polar surface area (TPSA) is 51.8 Å². The third-order valence-corrected chi connectivity index (χ3v) is 4.28. The highest BCUT2D eigenvalue weighted by atomic mass is 79.9. The Kier molecular flexibility index (Phi) is 3.70. The molecule has 3 nitrogen and oxygen atoms in total. The van der Waals surface area contributed by atoms with E-state index in [4.69, 9.17) is 17.3 Å². The summed E-state index contributed by atoms with van der Waals surface area (Å²) in [5, 5.41) is 0. The Labute approximate surface area is 117 Å². The van der Waals surface area contributed by atoms with Gasteiger partial charge >= 0.3 is 0 Å². The summed E-state index contributed by atoms with van der Waals surface area (Å²) in [7, 11) is 0. The molecule has 0 saturated carbocycles. The predicted octanol–water partition coefficient (Wildman–Crippen LogP) is 4.33. The van der Waals surface area contributed by atoms with E-state index in [0.29, 0.717) is 11.6 Å². The highest BCUT2D eigenvalue weighted by molar-refractivity contribution is 9.10. The number of hydrogen-bond donors (Lipinski definition) is 1. The summed E-state index contributed by atoms with van der Waals surface area (Å²) in [6, 6.07) is 3.73. The lowest BCUT2D eigenvalue weighted by Gasteiger charge is -2.10. The van der Waals surface area contributed by atoms with Crippen LogP contribution in [-0.4, -0.2) is 9.97 Å². The number of nitrogen functional groups attached to an aromatic ring is 1. The van der Waals surface area contributed by atoms with Crippen LogP contribution in [0.3, 0.4) is 0 Å². The van der Waals surface area contributed by atoms with Gasteiger partial charge in [0.1, 0.15) is 5.82 Å². The van der Waals surface area contributed by atoms with Gasteiger partial charge in [-0.25, -0.2) is 9.97 Å². The molecule has 2 aromatic rings. The normalized spacial score (nSPS) is 11.1. The summed E-state index contributed by atoms with van der Waals surface area (Å²) in [6.07, 6.45) is 0. The number of anilines is 1. The molecule has 0 saturated heterocycles. The van der Waals surface area contributed by atoms with Crippen molar-refractivity contribution in [2.75, 3.05) is 5.73 Å². The van der Waals surface area contributed by atoms with Gasteiger partial charge in [0, 0.05) is 0 Å². The largest absolute Gasteiger partial charge is 0.383 e. The van der Waals surface area contributed by atoms with E-state index in [-0.39, 0.29) is 5.92 Å². The monoisotopic (exact) mass is 331 g/mol. The minimum atomic E-state index is 0.281. The SMILES string of the molecule is CC(C)c1nc(-c2ccc(Cl)s2)nc(N)c1Br. The fraction of sp³-hybridized carbons (Fsp3) is 0.273. The summed E-state index contributed by atoms with van der Waals surface area (Å²) in [4.78, 5) is 9.73. The summed E-state index contributed by atoms with van der Waals surface area (Å²) in [5.74, 6) is 1.37. The van der Waals surface area contributed by atoms with Crippen LogP contribution in [0.4, 0.5) is 5.82 Å². The highest BCUT2D eigenvalue weighted by Gasteiger charge is 2.15. The van der Waals surface area contributed by atoms with Crippen molar-refractivity contribution in [2.45, 2.75) is 19.8 Å². The van der Waals surface area contributed by atoms with E-state index >= 15 is 0 Å². The molecule has 0 fully saturated rings. The average Bonchev–Trinajstić information content (AvgIpc) is 2.68. The van der Waals surface area contributed by atoms with Crippen LogP contribution in [0.1, 0.15) is 25.5 Å². The van der Waals surface area contributed by atoms with Crippen molar-refractivity contribution in [3.8, 4) is 10.7 Å². The van der Waals surface area contributed by atoms with Crippen molar-refractivity contribution in [3.63, 3.8) is 0 Å². The molecule has 0 unspecified atom stereocenters. The Hall–Kier alpha value is -0.650. The molecule has 90 valence electrons. The molecule has 0 aromatic carbocycles. The number of rotatable bonds is 2. The standard InChI is InChI=1S/C11H11BrClN3S/c1-5(2)9-8(12)10(14)16-11(15-9)6-3-4-7(13)17-6/h3-5H,1-2H3,(H2,14,15,16). The number of hydrogen-bond acceptors (Lipinski definition) is 4. The van der Waals surface area contributed by atoms with Gasteiger partial charge in [-0.3, -0.25) is 0 Å². The van der Waals surface area contributed by atoms with Gasteiger partial charge in [-0.05, 0) is 34.0 Å². The first-order valence-electron chi connectivity index (χ1n) is 5.07. The Balaban J connectivity index is 2.56. The maximum Gasteiger partial charge on any atom is 0.171 e. The number of thiophene rings is 1. The van der Waals surface area contributed by atoms with Gasteiger partial charge in [0.05, 0.1) is 19.4 Å². The lowest BCUT2D eigenvalue weighted by Crippen LogP contribution is -2.03. The van der Waals surface area contributed by atoms with E-state index < -0.39 is 0 Å². The zero-order valence-corrected chi connectivity index (χ0v) is 12.5. The lowest BCUT2D eigenvalue weighted by molar-refractivity contribution is 0.811. The van der Waals surface area contributed by atoms with Gasteiger partial charge in [-0.2, -0.15) is 0 Å². The number of halogens is 2. The van der Waals surface area contributed by atoms with Crippen LogP contribution in [0.15, 0.2) is 16.6 Å². The van der Waals surface area contributed by atoms with Gasteiger partial charge in [0.25, 0.3) is 0 Å². The minimum Gasteiger partial charge on any atom is -0.383 e. The van der Waals surface area contributed by atoms with Gasteiger partial charge in [0.2, 0.25) is 0 Å². The van der Waals surface area contributed by atoms with Crippen LogP contribution in [0.2, 0.25) is 4.34 Å². The molecule has 0 aliphatic rings. The van der Waals surface area contributed by atoms with Gasteiger partial charge in [-0.15, -0.1) is 11.3 Å². The van der Waals surface area contributed by atoms with Crippen molar-refractivity contribution in [1.82, 2.24) is 9.97 Å². The number of aromatic nitrogens is 2. The Morgan fingerprint density at radius 2 is 2.06 bits per heavy atom. The maximum atomic E-state index is 5.91. The first-order valence-corrected chi connectivity index (χ1v) is 7.06. The third-order valence-electron chi connectivity index (χ3n) is 2.24. The molecule has 2 heterocycles. The quantitative estimate of drug-likeness (QED) is 0.890. The number of nitrogens with two attached hydrogens (primary N) is 1. The van der Waals surface area contributed by atoms with E-state index in [9.17, 15) is 0 Å². The molecule has 6 heteroatoms. The molecule has 0 aliphatic heterocycles. The Morgan fingerprint density at radius 3 is 2.59 bits per heavy atom. The zero-order chi connectivity index (χ0) is 12.6. The van der Waals surface area contributed by atoms with Crippen LogP contribution < -0.4 is 5.73 Å². The molecule has 0 bridgehead atoms. The summed E-state index contributed by atoms with van der Waals surface area (Å²) >= 11 is 10.8. The number of nitrogens with zero attached hydrogens (tertiary/aromatic N) is 2. The van der Waals surface area contributed by atoms with Crippen LogP contribution in [0, 0.1) is 0 Å². The molecule has 0 spiro atoms. The Bertz CT molecular complexity index is 554. The summed E-state index contributed by atoms with van der Waals surface area (Å²) in [6.45, 7) is 4.13. The minimum absolute atomic E-state index is 0.281. The van der Waals surface area contributed by atoms with Gasteiger partial charge in [-0.1, -0.05) is 25.4 Å². The van der Waals surface area contributed by atoms with Crippen molar-refractivity contribution in [2.24, 2.45) is 0 Å². The molecular weight excluding hydrogens is 322 g/mol. The van der Waals surface area contributed by atoms with Crippen molar-refractivity contribution < 1.29 is 0 Å². The first-order chi connectivity index (χ1) is 7.99. The summed E-state index contributed by atoms with van der Waals surface area (Å²) < 4.78 is 1.50. The van der Waals surface area contributed by atoms with E-state index in [1.807, 2.05) is 12.1 Å². The van der Waals surface area contributed by atoms with Crippen LogP contribution >= 0.6 is 38.9 Å². The predicted molar refractivity (Wildman–Crippen MR) is 76.6 cm³/mol. The zero-order valence-electron chi connectivity index (χ0n) is 9.37. The van der Waals surface area contributed by atoms with Crippen LogP contribution in [0.25, 0.3) is 10.7 Å². The molecule has 0 radical (unpaired) electrons. The van der Waals surface area contributed by atoms with E-state index in [1.54, 1.807) is 0 Å². The second-order valence-electron chi connectivity index (χ2n) is 3.89. The average molecular weight is 333 g/mol. The Morgan fingerprint density at radius 1 is 1.35 bits per heavy atom. The summed E-state index contributed by atoms with van der Waals surface area (Å²) in [5.41, 5.74) is 6.79. The molecule has 2 aromatic heterocycles. The van der Waals surface area contributed by atoms with Gasteiger partial charge in [0.15, 0.2) is 5.82 Å². The van der Waals surface area contributed by atoms with Crippen molar-refractivity contribution in [1.29, 1.82) is 0 Å². The highest BCUT2D eigenvalue weighted by Crippen LogP contribution is 2.33. The molecule has 2 rings (SSSR count). The first kappa shape index (κ1) is 12.8. The van der Waals surface area contributed by atoms with Gasteiger partial charge < -0.3 is 5.73 Å². The van der Waals surface area contributed by atoms with Crippen molar-refractivity contribution >= 4 is 44.7 Å². The molecule has 2 N–H and O–H groups in total. The lowest BCUT2D eigenvalue weighted by atomic mass is 10.1. The van der Waals surface area contributed by atoms with E-state index in [0.717, 1.165) is 19.4 Å². The maximum absolute atomic E-state index is 5.91. The fourth-order valence-electron chi connectivity index (χ4n) is 1.41. The van der Waals surface area contributed by atoms with Crippen LogP contribution in [-0.2, 0) is 0 Å². The second-order valence-corrected chi connectivity index (χ2v) is 6.40. The molecular formula is C11H11BrClN3S. The van der Waals surface area contributed by atoms with E-state index in [1.165, 1.54) is 11.3 Å². The fourth-order valence-corrected chi connectivity index (χ4v) is 3.02. The molecule has 17 heavy (non-hydrogen) atoms. The van der Waals surface area contributed by atoms with E-state index in [2.05, 4.69) is 39.7 Å². The molecule has 0 amide bonds. The third kappa shape index (κ3) is 2.61. The smallest absolute Gasteiger partial charge is 0.171 e. The molecule has 0 atom stereocenters. The van der Waals surface area contributed by atoms with Crippen molar-refractivity contribution in [3.05, 3.63) is 26.6 Å².